The Morgan fingerprint density at radius 2 is 1.77 bits per heavy atom. The molecule has 0 saturated carbocycles. The van der Waals surface area contributed by atoms with Crippen molar-refractivity contribution in [3.05, 3.63) is 71.9 Å². The van der Waals surface area contributed by atoms with Gasteiger partial charge in [0.25, 0.3) is 0 Å². The van der Waals surface area contributed by atoms with Gasteiger partial charge in [0.15, 0.2) is 5.82 Å². The SMILES string of the molecule is COc1ccc2nc(-n3nc(C)cc3Nc3ccc(-c4ccc(C)cc4)nn3)sc2c1. The molecule has 3 aromatic heterocycles. The van der Waals surface area contributed by atoms with E-state index in [-0.39, 0.29) is 0 Å². The first-order chi connectivity index (χ1) is 15.1. The largest absolute Gasteiger partial charge is 0.497 e. The van der Waals surface area contributed by atoms with E-state index in [0.717, 1.165) is 43.9 Å². The van der Waals surface area contributed by atoms with Gasteiger partial charge in [0.2, 0.25) is 5.13 Å². The lowest BCUT2D eigenvalue weighted by Gasteiger charge is -2.07. The van der Waals surface area contributed by atoms with Crippen molar-refractivity contribution in [2.75, 3.05) is 12.4 Å². The summed E-state index contributed by atoms with van der Waals surface area (Å²) in [5.41, 5.74) is 4.86. The number of ether oxygens (including phenoxy) is 1. The fourth-order valence-corrected chi connectivity index (χ4v) is 4.21. The van der Waals surface area contributed by atoms with Crippen LogP contribution in [-0.2, 0) is 0 Å². The lowest BCUT2D eigenvalue weighted by atomic mass is 10.1. The Morgan fingerprint density at radius 1 is 0.935 bits per heavy atom. The number of nitrogens with one attached hydrogen (secondary N) is 1. The predicted molar refractivity (Wildman–Crippen MR) is 124 cm³/mol. The van der Waals surface area contributed by atoms with Crippen LogP contribution in [0.2, 0.25) is 0 Å². The second kappa shape index (κ2) is 7.81. The number of methoxy groups -OCH3 is 1. The number of benzene rings is 2. The Balaban J connectivity index is 1.44. The van der Waals surface area contributed by atoms with Crippen molar-refractivity contribution in [3.8, 4) is 22.1 Å². The first-order valence-electron chi connectivity index (χ1n) is 9.78. The van der Waals surface area contributed by atoms with E-state index in [4.69, 9.17) is 9.72 Å². The molecule has 0 aliphatic carbocycles. The van der Waals surface area contributed by atoms with E-state index in [9.17, 15) is 0 Å². The van der Waals surface area contributed by atoms with Crippen LogP contribution >= 0.6 is 11.3 Å². The molecule has 31 heavy (non-hydrogen) atoms. The number of fused-ring (bicyclic) bond motifs is 1. The smallest absolute Gasteiger partial charge is 0.213 e. The zero-order valence-corrected chi connectivity index (χ0v) is 18.1. The highest BCUT2D eigenvalue weighted by molar-refractivity contribution is 7.20. The molecule has 0 unspecified atom stereocenters. The van der Waals surface area contributed by atoms with Crippen LogP contribution in [0.1, 0.15) is 11.3 Å². The van der Waals surface area contributed by atoms with Crippen molar-refractivity contribution < 1.29 is 4.74 Å². The maximum atomic E-state index is 5.32. The van der Waals surface area contributed by atoms with Crippen LogP contribution in [0.4, 0.5) is 11.6 Å². The number of anilines is 2. The van der Waals surface area contributed by atoms with Gasteiger partial charge >= 0.3 is 0 Å². The number of aryl methyl sites for hydroxylation is 2. The van der Waals surface area contributed by atoms with Crippen LogP contribution in [0.3, 0.4) is 0 Å². The summed E-state index contributed by atoms with van der Waals surface area (Å²) in [7, 11) is 1.66. The van der Waals surface area contributed by atoms with Gasteiger partial charge < -0.3 is 10.1 Å². The quantitative estimate of drug-likeness (QED) is 0.409. The van der Waals surface area contributed by atoms with Crippen LogP contribution in [-0.4, -0.2) is 32.1 Å². The zero-order valence-electron chi connectivity index (χ0n) is 17.3. The third kappa shape index (κ3) is 3.85. The van der Waals surface area contributed by atoms with E-state index in [2.05, 4.69) is 39.7 Å². The van der Waals surface area contributed by atoms with Crippen LogP contribution in [0.25, 0.3) is 26.6 Å². The summed E-state index contributed by atoms with van der Waals surface area (Å²) in [5, 5.41) is 17.4. The van der Waals surface area contributed by atoms with Crippen molar-refractivity contribution in [3.63, 3.8) is 0 Å². The average Bonchev–Trinajstić information content (AvgIpc) is 3.37. The van der Waals surface area contributed by atoms with Crippen molar-refractivity contribution in [1.82, 2.24) is 25.0 Å². The molecular formula is C23H20N6OS. The van der Waals surface area contributed by atoms with E-state index in [1.54, 1.807) is 23.1 Å². The predicted octanol–water partition coefficient (Wildman–Crippen LogP) is 5.31. The third-order valence-electron chi connectivity index (χ3n) is 4.87. The molecule has 0 aliphatic rings. The fraction of sp³-hybridized carbons (Fsp3) is 0.130. The minimum absolute atomic E-state index is 0.639. The monoisotopic (exact) mass is 428 g/mol. The molecule has 2 aromatic carbocycles. The first kappa shape index (κ1) is 19.2. The molecule has 3 heterocycles. The number of aromatic nitrogens is 5. The molecule has 7 nitrogen and oxygen atoms in total. The minimum Gasteiger partial charge on any atom is -0.497 e. The molecule has 0 spiro atoms. The van der Waals surface area contributed by atoms with Crippen molar-refractivity contribution >= 4 is 33.2 Å². The van der Waals surface area contributed by atoms with Crippen molar-refractivity contribution in [1.29, 1.82) is 0 Å². The van der Waals surface area contributed by atoms with Crippen molar-refractivity contribution in [2.45, 2.75) is 13.8 Å². The molecule has 0 aliphatic heterocycles. The van der Waals surface area contributed by atoms with Crippen LogP contribution in [0, 0.1) is 13.8 Å². The summed E-state index contributed by atoms with van der Waals surface area (Å²) >= 11 is 1.55. The van der Waals surface area contributed by atoms with E-state index in [1.807, 2.05) is 55.5 Å². The van der Waals surface area contributed by atoms with E-state index < -0.39 is 0 Å². The summed E-state index contributed by atoms with van der Waals surface area (Å²) in [6.45, 7) is 4.01. The Bertz CT molecular complexity index is 1360. The lowest BCUT2D eigenvalue weighted by molar-refractivity contribution is 0.415. The highest BCUT2D eigenvalue weighted by atomic mass is 32.1. The summed E-state index contributed by atoms with van der Waals surface area (Å²) in [6, 6.07) is 19.9. The second-order valence-electron chi connectivity index (χ2n) is 7.21. The number of hydrogen-bond donors (Lipinski definition) is 1. The molecule has 0 atom stereocenters. The minimum atomic E-state index is 0.639. The Labute approximate surface area is 183 Å². The molecular weight excluding hydrogens is 408 g/mol. The summed E-state index contributed by atoms with van der Waals surface area (Å²) in [5.74, 6) is 2.22. The lowest BCUT2D eigenvalue weighted by Crippen LogP contribution is -2.04. The zero-order chi connectivity index (χ0) is 21.4. The molecule has 154 valence electrons. The van der Waals surface area contributed by atoms with Crippen molar-refractivity contribution in [2.24, 2.45) is 0 Å². The molecule has 0 saturated heterocycles. The van der Waals surface area contributed by atoms with Crippen LogP contribution < -0.4 is 10.1 Å². The summed E-state index contributed by atoms with van der Waals surface area (Å²) in [4.78, 5) is 4.72. The average molecular weight is 429 g/mol. The van der Waals surface area contributed by atoms with Gasteiger partial charge in [-0.15, -0.1) is 10.2 Å². The maximum absolute atomic E-state index is 5.32. The number of thiazole rings is 1. The van der Waals surface area contributed by atoms with E-state index in [1.165, 1.54) is 5.56 Å². The normalized spacial score (nSPS) is 11.1. The van der Waals surface area contributed by atoms with Gasteiger partial charge in [0.05, 0.1) is 28.7 Å². The van der Waals surface area contributed by atoms with Crippen LogP contribution in [0.15, 0.2) is 60.7 Å². The maximum Gasteiger partial charge on any atom is 0.213 e. The van der Waals surface area contributed by atoms with Gasteiger partial charge in [-0.25, -0.2) is 4.98 Å². The highest BCUT2D eigenvalue weighted by Gasteiger charge is 2.14. The number of hydrogen-bond acceptors (Lipinski definition) is 7. The third-order valence-corrected chi connectivity index (χ3v) is 5.86. The first-order valence-corrected chi connectivity index (χ1v) is 10.6. The molecule has 0 radical (unpaired) electrons. The molecule has 0 bridgehead atoms. The summed E-state index contributed by atoms with van der Waals surface area (Å²) in [6.07, 6.45) is 0. The molecule has 5 rings (SSSR count). The molecule has 1 N–H and O–H groups in total. The fourth-order valence-electron chi connectivity index (χ4n) is 3.25. The number of rotatable bonds is 5. The van der Waals surface area contributed by atoms with Gasteiger partial charge in [-0.1, -0.05) is 41.2 Å². The topological polar surface area (TPSA) is 77.8 Å². The number of nitrogens with zero attached hydrogens (tertiary/aromatic N) is 5. The molecule has 8 heteroatoms. The van der Waals surface area contributed by atoms with E-state index >= 15 is 0 Å². The molecule has 0 fully saturated rings. The Hall–Kier alpha value is -3.78. The molecule has 5 aromatic rings. The van der Waals surface area contributed by atoms with Crippen LogP contribution in [0.5, 0.6) is 5.75 Å². The highest BCUT2D eigenvalue weighted by Crippen LogP contribution is 2.30. The Kier molecular flexibility index (Phi) is 4.83. The standard InChI is InChI=1S/C23H20N6OS/c1-14-4-6-16(7-5-14)18-10-11-21(27-26-18)25-22-12-15(2)28-29(22)23-24-19-9-8-17(30-3)13-20(19)31-23/h4-13H,1-3H3,(H,25,27). The second-order valence-corrected chi connectivity index (χ2v) is 8.22. The summed E-state index contributed by atoms with van der Waals surface area (Å²) < 4.78 is 8.15. The van der Waals surface area contributed by atoms with E-state index in [0.29, 0.717) is 5.82 Å². The Morgan fingerprint density at radius 3 is 2.52 bits per heavy atom. The van der Waals surface area contributed by atoms with Gasteiger partial charge in [0, 0.05) is 11.6 Å². The van der Waals surface area contributed by atoms with Gasteiger partial charge in [-0.3, -0.25) is 0 Å². The van der Waals surface area contributed by atoms with Gasteiger partial charge in [-0.2, -0.15) is 9.78 Å². The van der Waals surface area contributed by atoms with Gasteiger partial charge in [-0.05, 0) is 44.2 Å². The molecule has 0 amide bonds. The van der Waals surface area contributed by atoms with Gasteiger partial charge in [0.1, 0.15) is 11.6 Å².